The van der Waals surface area contributed by atoms with Gasteiger partial charge in [0.15, 0.2) is 0 Å². The molecule has 96 valence electrons. The van der Waals surface area contributed by atoms with Crippen LogP contribution >= 0.6 is 11.3 Å². The van der Waals surface area contributed by atoms with Crippen LogP contribution in [0.2, 0.25) is 0 Å². The first-order valence-electron chi connectivity index (χ1n) is 6.31. The van der Waals surface area contributed by atoms with Crippen LogP contribution in [0.5, 0.6) is 0 Å². The van der Waals surface area contributed by atoms with Crippen molar-refractivity contribution in [3.63, 3.8) is 0 Å². The van der Waals surface area contributed by atoms with Crippen molar-refractivity contribution in [3.8, 4) is 0 Å². The Hall–Kier alpha value is -0.420. The van der Waals surface area contributed by atoms with Crippen molar-refractivity contribution in [2.45, 2.75) is 25.9 Å². The largest absolute Gasteiger partial charge is 0.329 e. The van der Waals surface area contributed by atoms with Crippen molar-refractivity contribution >= 4 is 11.3 Å². The lowest BCUT2D eigenvalue weighted by molar-refractivity contribution is 0.0646. The summed E-state index contributed by atoms with van der Waals surface area (Å²) >= 11 is 1.84. The molecule has 17 heavy (non-hydrogen) atoms. The maximum atomic E-state index is 6.01. The van der Waals surface area contributed by atoms with Gasteiger partial charge in [-0.1, -0.05) is 0 Å². The molecule has 1 aliphatic heterocycles. The molecule has 2 atom stereocenters. The topological polar surface area (TPSA) is 32.5 Å². The van der Waals surface area contributed by atoms with Crippen molar-refractivity contribution in [3.05, 3.63) is 21.9 Å². The molecule has 0 aliphatic carbocycles. The van der Waals surface area contributed by atoms with Gasteiger partial charge in [0.05, 0.1) is 6.04 Å². The average molecular weight is 253 g/mol. The summed E-state index contributed by atoms with van der Waals surface area (Å²) in [6.07, 6.45) is 0. The van der Waals surface area contributed by atoms with E-state index < -0.39 is 0 Å². The van der Waals surface area contributed by atoms with Gasteiger partial charge in [-0.25, -0.2) is 0 Å². The van der Waals surface area contributed by atoms with Gasteiger partial charge in [0.2, 0.25) is 0 Å². The first-order chi connectivity index (χ1) is 8.13. The molecular formula is C13H23N3S. The number of hydrogen-bond acceptors (Lipinski definition) is 4. The van der Waals surface area contributed by atoms with E-state index in [0.29, 0.717) is 12.1 Å². The summed E-state index contributed by atoms with van der Waals surface area (Å²) in [5, 5.41) is 2.17. The number of thiophene rings is 1. The Kier molecular flexibility index (Phi) is 4.20. The highest BCUT2D eigenvalue weighted by atomic mass is 32.1. The minimum Gasteiger partial charge on any atom is -0.329 e. The van der Waals surface area contributed by atoms with E-state index in [1.54, 1.807) is 0 Å². The molecule has 1 aromatic heterocycles. The molecule has 0 radical (unpaired) electrons. The van der Waals surface area contributed by atoms with Crippen LogP contribution in [0, 0.1) is 6.92 Å². The summed E-state index contributed by atoms with van der Waals surface area (Å²) < 4.78 is 0. The summed E-state index contributed by atoms with van der Waals surface area (Å²) in [6.45, 7) is 8.62. The number of likely N-dealkylation sites (N-methyl/N-ethyl adjacent to an activating group) is 1. The van der Waals surface area contributed by atoms with Crippen LogP contribution in [-0.4, -0.2) is 49.1 Å². The Morgan fingerprint density at radius 2 is 2.29 bits per heavy atom. The third-order valence-corrected chi connectivity index (χ3v) is 4.83. The summed E-state index contributed by atoms with van der Waals surface area (Å²) in [4.78, 5) is 6.42. The van der Waals surface area contributed by atoms with Gasteiger partial charge in [-0.15, -0.1) is 11.3 Å². The summed E-state index contributed by atoms with van der Waals surface area (Å²) in [6, 6.07) is 3.19. The fraction of sp³-hybridized carbons (Fsp3) is 0.692. The maximum Gasteiger partial charge on any atom is 0.0570 e. The van der Waals surface area contributed by atoms with Crippen LogP contribution < -0.4 is 5.73 Å². The van der Waals surface area contributed by atoms with Gasteiger partial charge < -0.3 is 10.6 Å². The standard InChI is InChI=1S/C13H23N3S/c1-10-4-7-17-13(10)12(8-14)16-6-5-15(3)9-11(16)2/h4,7,11-12H,5-6,8-9,14H2,1-3H3. The van der Waals surface area contributed by atoms with Gasteiger partial charge in [0.25, 0.3) is 0 Å². The first kappa shape index (κ1) is 13.0. The lowest BCUT2D eigenvalue weighted by Gasteiger charge is -2.42. The Morgan fingerprint density at radius 3 is 2.82 bits per heavy atom. The zero-order valence-corrected chi connectivity index (χ0v) is 11.8. The molecule has 1 aliphatic rings. The Balaban J connectivity index is 2.16. The third-order valence-electron chi connectivity index (χ3n) is 3.71. The van der Waals surface area contributed by atoms with E-state index >= 15 is 0 Å². The van der Waals surface area contributed by atoms with Crippen LogP contribution in [0.4, 0.5) is 0 Å². The summed E-state index contributed by atoms with van der Waals surface area (Å²) in [7, 11) is 2.20. The highest BCUT2D eigenvalue weighted by molar-refractivity contribution is 7.10. The van der Waals surface area contributed by atoms with Crippen LogP contribution in [0.3, 0.4) is 0 Å². The molecule has 0 spiro atoms. The molecule has 2 N–H and O–H groups in total. The molecular weight excluding hydrogens is 230 g/mol. The van der Waals surface area contributed by atoms with Gasteiger partial charge in [-0.05, 0) is 37.9 Å². The van der Waals surface area contributed by atoms with E-state index in [4.69, 9.17) is 5.73 Å². The molecule has 1 saturated heterocycles. The van der Waals surface area contributed by atoms with Crippen LogP contribution in [0.25, 0.3) is 0 Å². The SMILES string of the molecule is Cc1ccsc1C(CN)N1CCN(C)CC1C. The number of piperazine rings is 1. The second-order valence-electron chi connectivity index (χ2n) is 5.07. The van der Waals surface area contributed by atoms with Gasteiger partial charge in [0.1, 0.15) is 0 Å². The van der Waals surface area contributed by atoms with E-state index in [9.17, 15) is 0 Å². The predicted molar refractivity (Wildman–Crippen MR) is 74.5 cm³/mol. The second-order valence-corrected chi connectivity index (χ2v) is 6.02. The highest BCUT2D eigenvalue weighted by Gasteiger charge is 2.29. The molecule has 0 bridgehead atoms. The number of nitrogens with zero attached hydrogens (tertiary/aromatic N) is 2. The number of hydrogen-bond donors (Lipinski definition) is 1. The van der Waals surface area contributed by atoms with Crippen molar-refractivity contribution in [1.29, 1.82) is 0 Å². The second kappa shape index (κ2) is 5.48. The molecule has 0 aromatic carbocycles. The van der Waals surface area contributed by atoms with E-state index in [-0.39, 0.29) is 0 Å². The lowest BCUT2D eigenvalue weighted by atomic mass is 10.1. The minimum atomic E-state index is 0.402. The molecule has 0 amide bonds. The smallest absolute Gasteiger partial charge is 0.0570 e. The molecule has 1 fully saturated rings. The number of nitrogens with two attached hydrogens (primary N) is 1. The minimum absolute atomic E-state index is 0.402. The normalized spacial score (nSPS) is 25.1. The Bertz CT molecular complexity index is 363. The molecule has 1 aromatic rings. The summed E-state index contributed by atoms with van der Waals surface area (Å²) in [5.41, 5.74) is 7.40. The number of rotatable bonds is 3. The highest BCUT2D eigenvalue weighted by Crippen LogP contribution is 2.30. The average Bonchev–Trinajstić information content (AvgIpc) is 2.69. The van der Waals surface area contributed by atoms with Gasteiger partial charge >= 0.3 is 0 Å². The monoisotopic (exact) mass is 253 g/mol. The molecule has 2 heterocycles. The maximum absolute atomic E-state index is 6.01. The van der Waals surface area contributed by atoms with Gasteiger partial charge in [-0.3, -0.25) is 4.90 Å². The quantitative estimate of drug-likeness (QED) is 0.890. The molecule has 2 unspecified atom stereocenters. The van der Waals surface area contributed by atoms with Crippen LogP contribution in [0.1, 0.15) is 23.4 Å². The molecule has 3 nitrogen and oxygen atoms in total. The van der Waals surface area contributed by atoms with Crippen molar-refractivity contribution in [2.75, 3.05) is 33.2 Å². The van der Waals surface area contributed by atoms with E-state index in [1.165, 1.54) is 10.4 Å². The zero-order valence-electron chi connectivity index (χ0n) is 11.0. The van der Waals surface area contributed by atoms with Crippen molar-refractivity contribution < 1.29 is 0 Å². The first-order valence-corrected chi connectivity index (χ1v) is 7.19. The van der Waals surface area contributed by atoms with Crippen molar-refractivity contribution in [1.82, 2.24) is 9.80 Å². The van der Waals surface area contributed by atoms with Gasteiger partial charge in [-0.2, -0.15) is 0 Å². The lowest BCUT2D eigenvalue weighted by Crippen LogP contribution is -2.52. The zero-order chi connectivity index (χ0) is 12.4. The van der Waals surface area contributed by atoms with Crippen LogP contribution in [0.15, 0.2) is 11.4 Å². The van der Waals surface area contributed by atoms with Gasteiger partial charge in [0, 0.05) is 37.1 Å². The molecule has 0 saturated carbocycles. The fourth-order valence-electron chi connectivity index (χ4n) is 2.74. The Morgan fingerprint density at radius 1 is 1.53 bits per heavy atom. The Labute approximate surface area is 108 Å². The molecule has 2 rings (SSSR count). The van der Waals surface area contributed by atoms with E-state index in [0.717, 1.165) is 26.2 Å². The predicted octanol–water partition coefficient (Wildman–Crippen LogP) is 1.69. The fourth-order valence-corrected chi connectivity index (χ4v) is 3.80. The van der Waals surface area contributed by atoms with Crippen LogP contribution in [-0.2, 0) is 0 Å². The number of aryl methyl sites for hydroxylation is 1. The summed E-state index contributed by atoms with van der Waals surface area (Å²) in [5.74, 6) is 0. The molecule has 4 heteroatoms. The van der Waals surface area contributed by atoms with Crippen molar-refractivity contribution in [2.24, 2.45) is 5.73 Å². The third kappa shape index (κ3) is 2.71. The van der Waals surface area contributed by atoms with E-state index in [1.807, 2.05) is 11.3 Å². The van der Waals surface area contributed by atoms with E-state index in [2.05, 4.69) is 42.1 Å².